The number of phenols is 1. The van der Waals surface area contributed by atoms with Crippen molar-refractivity contribution in [3.63, 3.8) is 0 Å². The number of hydrogen-bond donors (Lipinski definition) is 3. The van der Waals surface area contributed by atoms with E-state index in [0.717, 1.165) is 18.0 Å². The fraction of sp³-hybridized carbons (Fsp3) is 0.182. The third-order valence-electron chi connectivity index (χ3n) is 4.71. The number of rotatable bonds is 11. The molecule has 36 heavy (non-hydrogen) atoms. The van der Waals surface area contributed by atoms with Crippen molar-refractivity contribution in [1.29, 1.82) is 0 Å². The van der Waals surface area contributed by atoms with E-state index in [1.165, 1.54) is 17.8 Å². The van der Waals surface area contributed by atoms with Gasteiger partial charge in [0.25, 0.3) is 5.91 Å². The lowest BCUT2D eigenvalue weighted by molar-refractivity contribution is -0.385. The topological polar surface area (TPSA) is 148 Å². The van der Waals surface area contributed by atoms with E-state index in [9.17, 15) is 20.0 Å². The van der Waals surface area contributed by atoms with Crippen molar-refractivity contribution in [1.82, 2.24) is 20.2 Å². The maximum Gasteiger partial charge on any atom is 0.312 e. The lowest BCUT2D eigenvalue weighted by atomic mass is 10.2. The third-order valence-corrected chi connectivity index (χ3v) is 6.26. The van der Waals surface area contributed by atoms with E-state index in [1.54, 1.807) is 25.1 Å². The van der Waals surface area contributed by atoms with Crippen molar-refractivity contribution in [2.75, 3.05) is 5.32 Å². The van der Waals surface area contributed by atoms with Crippen LogP contribution < -0.4 is 10.7 Å². The summed E-state index contributed by atoms with van der Waals surface area (Å²) in [6, 6.07) is 9.55. The molecule has 0 unspecified atom stereocenters. The molecule has 0 spiro atoms. The van der Waals surface area contributed by atoms with Crippen LogP contribution in [0.2, 0.25) is 10.0 Å². The number of carbonyl (C=O) groups excluding carboxylic acids is 1. The molecule has 11 nitrogen and oxygen atoms in total. The lowest BCUT2D eigenvalue weighted by Crippen LogP contribution is -2.27. The zero-order chi connectivity index (χ0) is 26.2. The van der Waals surface area contributed by atoms with Gasteiger partial charge in [0.05, 0.1) is 22.9 Å². The zero-order valence-electron chi connectivity index (χ0n) is 18.9. The zero-order valence-corrected chi connectivity index (χ0v) is 21.2. The molecule has 188 valence electrons. The number of phenolic OH excluding ortho intramolecular Hbond substituents is 1. The molecule has 3 aromatic rings. The summed E-state index contributed by atoms with van der Waals surface area (Å²) in [6.07, 6.45) is 2.77. The minimum atomic E-state index is -0.769. The van der Waals surface area contributed by atoms with Gasteiger partial charge in [0, 0.05) is 33.9 Å². The molecule has 3 rings (SSSR count). The molecule has 1 amide bonds. The fourth-order valence-corrected chi connectivity index (χ4v) is 4.13. The van der Waals surface area contributed by atoms with Crippen LogP contribution in [0.1, 0.15) is 18.3 Å². The Balaban J connectivity index is 1.64. The number of thioether (sulfide) groups is 1. The molecule has 0 aliphatic heterocycles. The van der Waals surface area contributed by atoms with Gasteiger partial charge in [-0.2, -0.15) is 5.10 Å². The van der Waals surface area contributed by atoms with Crippen LogP contribution in [0.25, 0.3) is 0 Å². The van der Waals surface area contributed by atoms with Crippen LogP contribution >= 0.6 is 35.0 Å². The summed E-state index contributed by atoms with van der Waals surface area (Å²) in [5, 5.41) is 37.0. The molecule has 0 aliphatic rings. The smallest absolute Gasteiger partial charge is 0.312 e. The number of aromatic hydroxyl groups is 1. The van der Waals surface area contributed by atoms with E-state index in [4.69, 9.17) is 23.2 Å². The summed E-state index contributed by atoms with van der Waals surface area (Å²) in [7, 11) is 0. The average molecular weight is 550 g/mol. The number of nitro groups is 1. The molecular weight excluding hydrogens is 529 g/mol. The normalized spacial score (nSPS) is 11.9. The molecule has 0 saturated heterocycles. The predicted molar refractivity (Wildman–Crippen MR) is 140 cm³/mol. The van der Waals surface area contributed by atoms with Crippen molar-refractivity contribution >= 4 is 58.5 Å². The molecule has 3 N–H and O–H groups in total. The lowest BCUT2D eigenvalue weighted by Gasteiger charge is -2.12. The predicted octanol–water partition coefficient (Wildman–Crippen LogP) is 4.63. The molecule has 0 fully saturated rings. The van der Waals surface area contributed by atoms with Gasteiger partial charge in [-0.3, -0.25) is 14.9 Å². The number of carbonyl (C=O) groups is 1. The molecule has 1 heterocycles. The fourth-order valence-electron chi connectivity index (χ4n) is 2.91. The van der Waals surface area contributed by atoms with Crippen molar-refractivity contribution in [2.45, 2.75) is 30.4 Å². The molecule has 1 aromatic heterocycles. The Kier molecular flexibility index (Phi) is 9.28. The molecule has 0 aliphatic carbocycles. The molecule has 0 radical (unpaired) electrons. The van der Waals surface area contributed by atoms with Crippen LogP contribution in [0.3, 0.4) is 0 Å². The van der Waals surface area contributed by atoms with Gasteiger partial charge >= 0.3 is 5.69 Å². The highest BCUT2D eigenvalue weighted by atomic mass is 35.5. The summed E-state index contributed by atoms with van der Waals surface area (Å²) >= 11 is 12.9. The largest absolute Gasteiger partial charge is 0.502 e. The number of halogens is 2. The first-order chi connectivity index (χ1) is 17.2. The van der Waals surface area contributed by atoms with Gasteiger partial charge in [-0.25, -0.2) is 5.43 Å². The molecule has 0 bridgehead atoms. The first-order valence-electron chi connectivity index (χ1n) is 10.4. The number of anilines is 1. The standard InChI is InChI=1S/C22H21Cl2N7O4S/c1-3-8-30-19(12-25-17-6-4-15(23)5-7-17)27-29-22(30)36-13(2)21(33)28-26-11-14-9-16(24)10-18(20(14)32)31(34)35/h3-7,9-11,13,25,32H,1,8,12H2,2H3,(H,28,33)/t13-/m0/s1. The Morgan fingerprint density at radius 3 is 2.69 bits per heavy atom. The highest BCUT2D eigenvalue weighted by Gasteiger charge is 2.20. The number of nitrogens with zero attached hydrogens (tertiary/aromatic N) is 5. The molecule has 0 saturated carbocycles. The number of hydrogen-bond acceptors (Lipinski definition) is 9. The number of aromatic nitrogens is 3. The highest BCUT2D eigenvalue weighted by Crippen LogP contribution is 2.32. The summed E-state index contributed by atoms with van der Waals surface area (Å²) in [5.74, 6) is -0.417. The summed E-state index contributed by atoms with van der Waals surface area (Å²) in [4.78, 5) is 22.8. The summed E-state index contributed by atoms with van der Waals surface area (Å²) in [5.41, 5.74) is 2.62. The van der Waals surface area contributed by atoms with Gasteiger partial charge in [0.15, 0.2) is 11.0 Å². The quantitative estimate of drug-likeness (QED) is 0.103. The third kappa shape index (κ3) is 6.97. The SMILES string of the molecule is C=CCn1c(CNc2ccc(Cl)cc2)nnc1S[C@@H](C)C(=O)NN=Cc1cc(Cl)cc([N+](=O)[O-])c1O. The first kappa shape index (κ1) is 27.0. The number of nitrogens with one attached hydrogen (secondary N) is 2. The van der Waals surface area contributed by atoms with Crippen molar-refractivity contribution < 1.29 is 14.8 Å². The Hall–Kier alpha value is -3.61. The van der Waals surface area contributed by atoms with Gasteiger partial charge < -0.3 is 15.0 Å². The van der Waals surface area contributed by atoms with E-state index >= 15 is 0 Å². The number of nitro benzene ring substituents is 1. The highest BCUT2D eigenvalue weighted by molar-refractivity contribution is 8.00. The minimum absolute atomic E-state index is 0.0154. The van der Waals surface area contributed by atoms with E-state index in [1.807, 2.05) is 16.7 Å². The number of allylic oxidation sites excluding steroid dienone is 1. The van der Waals surface area contributed by atoms with E-state index in [2.05, 4.69) is 32.6 Å². The molecular formula is C22H21Cl2N7O4S. The van der Waals surface area contributed by atoms with Gasteiger partial charge in [-0.1, -0.05) is 41.0 Å². The summed E-state index contributed by atoms with van der Waals surface area (Å²) < 4.78 is 1.83. The van der Waals surface area contributed by atoms with E-state index in [-0.39, 0.29) is 10.6 Å². The van der Waals surface area contributed by atoms with Gasteiger partial charge in [0.1, 0.15) is 0 Å². The van der Waals surface area contributed by atoms with E-state index < -0.39 is 27.5 Å². The monoisotopic (exact) mass is 549 g/mol. The van der Waals surface area contributed by atoms with Crippen molar-refractivity contribution in [2.24, 2.45) is 5.10 Å². The second kappa shape index (κ2) is 12.4. The molecule has 1 atom stereocenters. The minimum Gasteiger partial charge on any atom is -0.502 e. The number of amides is 1. The number of hydrazone groups is 1. The maximum atomic E-state index is 12.5. The van der Waals surface area contributed by atoms with Crippen LogP contribution in [-0.2, 0) is 17.9 Å². The molecule has 14 heteroatoms. The second-order valence-corrected chi connectivity index (χ2v) is 9.45. The Labute approximate surface area is 220 Å². The Bertz CT molecular complexity index is 1300. The Morgan fingerprint density at radius 2 is 2.03 bits per heavy atom. The van der Waals surface area contributed by atoms with Crippen molar-refractivity contribution in [3.05, 3.63) is 80.6 Å². The van der Waals surface area contributed by atoms with Gasteiger partial charge in [0.2, 0.25) is 5.75 Å². The van der Waals surface area contributed by atoms with Gasteiger partial charge in [-0.15, -0.1) is 16.8 Å². The Morgan fingerprint density at radius 1 is 1.31 bits per heavy atom. The van der Waals surface area contributed by atoms with E-state index in [0.29, 0.717) is 29.1 Å². The van der Waals surface area contributed by atoms with Crippen LogP contribution in [0.4, 0.5) is 11.4 Å². The second-order valence-electron chi connectivity index (χ2n) is 7.27. The first-order valence-corrected chi connectivity index (χ1v) is 12.0. The number of benzene rings is 2. The van der Waals surface area contributed by atoms with Crippen LogP contribution in [-0.4, -0.2) is 42.2 Å². The average Bonchev–Trinajstić information content (AvgIpc) is 3.21. The van der Waals surface area contributed by atoms with Crippen molar-refractivity contribution in [3.8, 4) is 5.75 Å². The van der Waals surface area contributed by atoms with Crippen LogP contribution in [0.5, 0.6) is 5.75 Å². The maximum absolute atomic E-state index is 12.5. The molecule has 2 aromatic carbocycles. The van der Waals surface area contributed by atoms with Crippen LogP contribution in [0.15, 0.2) is 59.3 Å². The van der Waals surface area contributed by atoms with Gasteiger partial charge in [-0.05, 0) is 37.3 Å². The van der Waals surface area contributed by atoms with Crippen LogP contribution in [0, 0.1) is 10.1 Å². The summed E-state index contributed by atoms with van der Waals surface area (Å²) in [6.45, 7) is 6.26.